The number of carbonyl (C=O) groups excluding carboxylic acids is 2. The molecule has 3 rings (SSSR count). The summed E-state index contributed by atoms with van der Waals surface area (Å²) in [6, 6.07) is 18.7. The van der Waals surface area contributed by atoms with Crippen molar-refractivity contribution in [1.82, 2.24) is 0 Å². The van der Waals surface area contributed by atoms with Crippen molar-refractivity contribution in [3.63, 3.8) is 0 Å². The molecule has 194 valence electrons. The highest BCUT2D eigenvalue weighted by Crippen LogP contribution is 2.24. The van der Waals surface area contributed by atoms with Crippen LogP contribution in [-0.2, 0) is 9.59 Å². The Balaban J connectivity index is 0.000000281. The number of hydrogen-bond acceptors (Lipinski definition) is 2. The molecule has 0 heterocycles. The molecule has 0 bridgehead atoms. The van der Waals surface area contributed by atoms with E-state index in [0.29, 0.717) is 9.13 Å². The van der Waals surface area contributed by atoms with E-state index < -0.39 is 24.2 Å². The van der Waals surface area contributed by atoms with Crippen molar-refractivity contribution >= 4 is 45.8 Å². The first-order valence-electron chi connectivity index (χ1n) is 10.4. The Labute approximate surface area is 222 Å². The van der Waals surface area contributed by atoms with Gasteiger partial charge in [-0.05, 0) is 84.0 Å². The maximum Gasteiger partial charge on any atom is 0.471 e. The summed E-state index contributed by atoms with van der Waals surface area (Å²) in [6.45, 7) is 3.46. The first-order chi connectivity index (χ1) is 17.2. The molecule has 2 amide bonds. The topological polar surface area (TPSA) is 58.2 Å². The maximum atomic E-state index is 12.4. The zero-order valence-electron chi connectivity index (χ0n) is 19.3. The quantitative estimate of drug-likeness (QED) is 0.182. The van der Waals surface area contributed by atoms with Crippen LogP contribution < -0.4 is 10.6 Å². The van der Waals surface area contributed by atoms with E-state index in [1.807, 2.05) is 51.4 Å². The number of anilines is 2. The molecule has 3 aromatic rings. The average molecular weight is 632 g/mol. The molecule has 0 unspecified atom stereocenters. The SMILES string of the molecule is Cc1ccc(C#Cc2ccccc2)c(NC(=O)C(F)(F)F)c1.Cc1ccc(I)c(NC(=O)C(F)(F)F)c1. The summed E-state index contributed by atoms with van der Waals surface area (Å²) in [5.41, 5.74) is 2.79. The van der Waals surface area contributed by atoms with Gasteiger partial charge in [-0.2, -0.15) is 26.3 Å². The molecule has 0 atom stereocenters. The van der Waals surface area contributed by atoms with Crippen LogP contribution in [0.15, 0.2) is 66.7 Å². The van der Waals surface area contributed by atoms with Crippen LogP contribution in [0, 0.1) is 29.3 Å². The molecule has 0 saturated carbocycles. The molecule has 37 heavy (non-hydrogen) atoms. The average Bonchev–Trinajstić information content (AvgIpc) is 2.81. The fourth-order valence-electron chi connectivity index (χ4n) is 2.65. The third-order valence-electron chi connectivity index (χ3n) is 4.42. The van der Waals surface area contributed by atoms with Gasteiger partial charge in [-0.3, -0.25) is 9.59 Å². The predicted molar refractivity (Wildman–Crippen MR) is 137 cm³/mol. The van der Waals surface area contributed by atoms with Crippen LogP contribution in [-0.4, -0.2) is 24.2 Å². The van der Waals surface area contributed by atoms with Gasteiger partial charge in [0.1, 0.15) is 0 Å². The summed E-state index contributed by atoms with van der Waals surface area (Å²) >= 11 is 1.86. The van der Waals surface area contributed by atoms with Gasteiger partial charge >= 0.3 is 24.2 Å². The number of alkyl halides is 6. The summed E-state index contributed by atoms with van der Waals surface area (Å²) in [6.07, 6.45) is -9.79. The highest BCUT2D eigenvalue weighted by atomic mass is 127. The van der Waals surface area contributed by atoms with E-state index in [4.69, 9.17) is 0 Å². The van der Waals surface area contributed by atoms with E-state index in [1.54, 1.807) is 50.2 Å². The van der Waals surface area contributed by atoms with E-state index >= 15 is 0 Å². The van der Waals surface area contributed by atoms with Gasteiger partial charge in [0, 0.05) is 14.7 Å². The normalized spacial score (nSPS) is 10.8. The monoisotopic (exact) mass is 632 g/mol. The van der Waals surface area contributed by atoms with Gasteiger partial charge in [-0.15, -0.1) is 0 Å². The zero-order chi connectivity index (χ0) is 27.8. The largest absolute Gasteiger partial charge is 0.471 e. The minimum absolute atomic E-state index is 0.0470. The van der Waals surface area contributed by atoms with Crippen molar-refractivity contribution in [1.29, 1.82) is 0 Å². The van der Waals surface area contributed by atoms with Crippen molar-refractivity contribution in [2.24, 2.45) is 0 Å². The minimum Gasteiger partial charge on any atom is -0.317 e. The Bertz CT molecular complexity index is 1330. The van der Waals surface area contributed by atoms with Crippen molar-refractivity contribution < 1.29 is 35.9 Å². The van der Waals surface area contributed by atoms with Crippen molar-refractivity contribution in [3.05, 3.63) is 92.6 Å². The number of carbonyl (C=O) groups is 2. The summed E-state index contributed by atoms with van der Waals surface area (Å²) < 4.78 is 73.5. The number of hydrogen-bond donors (Lipinski definition) is 2. The van der Waals surface area contributed by atoms with E-state index in [0.717, 1.165) is 16.7 Å². The van der Waals surface area contributed by atoms with E-state index in [1.165, 1.54) is 12.1 Å². The third kappa shape index (κ3) is 9.80. The number of benzene rings is 3. The van der Waals surface area contributed by atoms with Gasteiger partial charge in [0.15, 0.2) is 0 Å². The molecule has 0 fully saturated rings. The lowest BCUT2D eigenvalue weighted by Crippen LogP contribution is -2.30. The molecule has 0 aliphatic rings. The van der Waals surface area contributed by atoms with Crippen LogP contribution in [0.1, 0.15) is 22.3 Å². The van der Waals surface area contributed by atoms with E-state index in [9.17, 15) is 35.9 Å². The van der Waals surface area contributed by atoms with E-state index in [2.05, 4.69) is 11.8 Å². The summed E-state index contributed by atoms with van der Waals surface area (Å²) in [7, 11) is 0. The lowest BCUT2D eigenvalue weighted by Gasteiger charge is -2.10. The molecule has 3 aromatic carbocycles. The first-order valence-corrected chi connectivity index (χ1v) is 11.4. The molecule has 0 aliphatic heterocycles. The van der Waals surface area contributed by atoms with E-state index in [-0.39, 0.29) is 11.4 Å². The smallest absolute Gasteiger partial charge is 0.317 e. The molecule has 0 aliphatic carbocycles. The number of aryl methyl sites for hydroxylation is 2. The Kier molecular flexibility index (Phi) is 10.1. The van der Waals surface area contributed by atoms with Crippen LogP contribution in [0.4, 0.5) is 37.7 Å². The Morgan fingerprint density at radius 1 is 0.703 bits per heavy atom. The lowest BCUT2D eigenvalue weighted by molar-refractivity contribution is -0.167. The molecule has 0 aromatic heterocycles. The molecular formula is C26H19F6IN2O2. The number of nitrogens with one attached hydrogen (secondary N) is 2. The van der Waals surface area contributed by atoms with Crippen molar-refractivity contribution in [2.45, 2.75) is 26.2 Å². The van der Waals surface area contributed by atoms with Crippen LogP contribution in [0.25, 0.3) is 0 Å². The fourth-order valence-corrected chi connectivity index (χ4v) is 3.12. The van der Waals surface area contributed by atoms with Gasteiger partial charge < -0.3 is 10.6 Å². The fraction of sp³-hybridized carbons (Fsp3) is 0.154. The lowest BCUT2D eigenvalue weighted by atomic mass is 10.1. The summed E-state index contributed by atoms with van der Waals surface area (Å²) in [4.78, 5) is 21.7. The minimum atomic E-state index is -4.94. The molecule has 2 N–H and O–H groups in total. The zero-order valence-corrected chi connectivity index (χ0v) is 21.5. The number of halogens is 7. The number of rotatable bonds is 2. The second-order valence-electron chi connectivity index (χ2n) is 7.55. The summed E-state index contributed by atoms with van der Waals surface area (Å²) in [5, 5.41) is 3.68. The third-order valence-corrected chi connectivity index (χ3v) is 5.36. The highest BCUT2D eigenvalue weighted by molar-refractivity contribution is 14.1. The van der Waals surface area contributed by atoms with Gasteiger partial charge in [-0.1, -0.05) is 42.2 Å². The highest BCUT2D eigenvalue weighted by Gasteiger charge is 2.39. The van der Waals surface area contributed by atoms with Gasteiger partial charge in [0.25, 0.3) is 0 Å². The standard InChI is InChI=1S/C17H12F3NO.C9H7F3INO/c1-12-7-9-14(10-8-13-5-3-2-4-6-13)15(11-12)21-16(22)17(18,19)20;1-5-2-3-6(13)7(4-5)14-8(15)9(10,11)12/h2-7,9,11H,1H3,(H,21,22);2-4H,1H3,(H,14,15). The molecule has 0 radical (unpaired) electrons. The van der Waals surface area contributed by atoms with Gasteiger partial charge in [-0.25, -0.2) is 0 Å². The van der Waals surface area contributed by atoms with Crippen LogP contribution in [0.5, 0.6) is 0 Å². The maximum absolute atomic E-state index is 12.4. The van der Waals surface area contributed by atoms with Gasteiger partial charge in [0.05, 0.1) is 11.4 Å². The van der Waals surface area contributed by atoms with Gasteiger partial charge in [0.2, 0.25) is 0 Å². The molecule has 4 nitrogen and oxygen atoms in total. The Hall–Kier alpha value is -3.53. The molecule has 11 heteroatoms. The molecule has 0 saturated heterocycles. The van der Waals surface area contributed by atoms with Crippen LogP contribution >= 0.6 is 22.6 Å². The second-order valence-corrected chi connectivity index (χ2v) is 8.71. The first kappa shape index (κ1) is 29.7. The van der Waals surface area contributed by atoms with Crippen molar-refractivity contribution in [2.75, 3.05) is 10.6 Å². The molecule has 0 spiro atoms. The Morgan fingerprint density at radius 3 is 1.73 bits per heavy atom. The van der Waals surface area contributed by atoms with Crippen LogP contribution in [0.2, 0.25) is 0 Å². The second kappa shape index (κ2) is 12.6. The molecular weight excluding hydrogens is 613 g/mol. The summed E-state index contributed by atoms with van der Waals surface area (Å²) in [5.74, 6) is 1.67. The Morgan fingerprint density at radius 2 is 1.19 bits per heavy atom. The number of amides is 2. The predicted octanol–water partition coefficient (Wildman–Crippen LogP) is 7.00. The van der Waals surface area contributed by atoms with Crippen molar-refractivity contribution in [3.8, 4) is 11.8 Å². The van der Waals surface area contributed by atoms with Crippen LogP contribution in [0.3, 0.4) is 0 Å².